The van der Waals surface area contributed by atoms with Crippen molar-refractivity contribution in [1.82, 2.24) is 0 Å². The lowest BCUT2D eigenvalue weighted by Gasteiger charge is -2.31. The number of nitrogens with zero attached hydrogens (tertiary/aromatic N) is 1. The number of carbonyl (C=O) groups excluding carboxylic acids is 2. The van der Waals surface area contributed by atoms with E-state index in [9.17, 15) is 19.5 Å². The molecular formula is C40H64NO7+. The molecule has 0 aromatic heterocycles. The third kappa shape index (κ3) is 28.7. The van der Waals surface area contributed by atoms with Gasteiger partial charge in [0.15, 0.2) is 12.1 Å². The summed E-state index contributed by atoms with van der Waals surface area (Å²) in [4.78, 5) is 36.6. The molecular weight excluding hydrogens is 606 g/mol. The second-order valence-electron chi connectivity index (χ2n) is 12.5. The van der Waals surface area contributed by atoms with E-state index in [0.717, 1.165) is 38.5 Å². The summed E-state index contributed by atoms with van der Waals surface area (Å²) in [5, 5.41) is 9.56. The molecule has 0 rings (SSSR count). The lowest BCUT2D eigenvalue weighted by Crippen LogP contribution is -2.50. The molecule has 0 saturated heterocycles. The molecule has 0 aromatic carbocycles. The van der Waals surface area contributed by atoms with Gasteiger partial charge in [-0.05, 0) is 44.9 Å². The van der Waals surface area contributed by atoms with Crippen molar-refractivity contribution in [1.29, 1.82) is 0 Å². The summed E-state index contributed by atoms with van der Waals surface area (Å²) in [5.74, 6) is -1.62. The topological polar surface area (TPSA) is 99.1 Å². The van der Waals surface area contributed by atoms with Crippen LogP contribution in [-0.2, 0) is 28.6 Å². The molecule has 0 heterocycles. The van der Waals surface area contributed by atoms with Crippen LogP contribution in [0.3, 0.4) is 0 Å². The fourth-order valence-electron chi connectivity index (χ4n) is 4.39. The van der Waals surface area contributed by atoms with Crippen LogP contribution in [0.2, 0.25) is 0 Å². The number of likely N-dealkylation sites (N-methyl/N-ethyl adjacent to an activating group) is 1. The lowest BCUT2D eigenvalue weighted by atomic mass is 10.1. The predicted octanol–water partition coefficient (Wildman–Crippen LogP) is 8.62. The van der Waals surface area contributed by atoms with Crippen molar-refractivity contribution in [3.05, 3.63) is 85.1 Å². The van der Waals surface area contributed by atoms with E-state index < -0.39 is 18.1 Å². The lowest BCUT2D eigenvalue weighted by molar-refractivity contribution is -0.887. The van der Waals surface area contributed by atoms with E-state index in [0.29, 0.717) is 19.3 Å². The molecule has 0 radical (unpaired) electrons. The third-order valence-corrected chi connectivity index (χ3v) is 7.18. The quantitative estimate of drug-likeness (QED) is 0.0368. The number of carbonyl (C=O) groups is 3. The molecule has 0 aromatic rings. The summed E-state index contributed by atoms with van der Waals surface area (Å²) >= 11 is 0. The Hall–Kier alpha value is -3.49. The van der Waals surface area contributed by atoms with Gasteiger partial charge < -0.3 is 23.8 Å². The van der Waals surface area contributed by atoms with Gasteiger partial charge in [0.1, 0.15) is 6.61 Å². The minimum absolute atomic E-state index is 0.0216. The van der Waals surface area contributed by atoms with Crippen LogP contribution >= 0.6 is 0 Å². The first-order valence-corrected chi connectivity index (χ1v) is 17.7. The Kier molecular flexibility index (Phi) is 28.6. The van der Waals surface area contributed by atoms with Gasteiger partial charge in [0, 0.05) is 19.3 Å². The normalized spacial score (nSPS) is 14.1. The maximum absolute atomic E-state index is 12.6. The summed E-state index contributed by atoms with van der Waals surface area (Å²) < 4.78 is 17.0. The van der Waals surface area contributed by atoms with Crippen molar-refractivity contribution in [2.24, 2.45) is 0 Å². The van der Waals surface area contributed by atoms with Crippen LogP contribution in [0.5, 0.6) is 0 Å². The monoisotopic (exact) mass is 670 g/mol. The molecule has 0 bridgehead atoms. The molecule has 0 spiro atoms. The molecule has 8 heteroatoms. The third-order valence-electron chi connectivity index (χ3n) is 7.18. The van der Waals surface area contributed by atoms with Crippen molar-refractivity contribution in [3.63, 3.8) is 0 Å². The zero-order valence-corrected chi connectivity index (χ0v) is 30.4. The van der Waals surface area contributed by atoms with Crippen molar-refractivity contribution < 1.29 is 38.2 Å². The largest absolute Gasteiger partial charge is 0.477 e. The molecule has 0 aliphatic heterocycles. The Morgan fingerprint density at radius 3 is 1.77 bits per heavy atom. The van der Waals surface area contributed by atoms with Gasteiger partial charge in [0.25, 0.3) is 0 Å². The Bertz CT molecular complexity index is 1060. The fourth-order valence-corrected chi connectivity index (χ4v) is 4.39. The van der Waals surface area contributed by atoms with Crippen LogP contribution < -0.4 is 0 Å². The van der Waals surface area contributed by atoms with Gasteiger partial charge in [-0.1, -0.05) is 118 Å². The molecule has 48 heavy (non-hydrogen) atoms. The van der Waals surface area contributed by atoms with Gasteiger partial charge >= 0.3 is 17.9 Å². The van der Waals surface area contributed by atoms with Crippen molar-refractivity contribution >= 4 is 17.9 Å². The van der Waals surface area contributed by atoms with Crippen LogP contribution in [-0.4, -0.2) is 80.6 Å². The highest BCUT2D eigenvalue weighted by molar-refractivity contribution is 5.72. The molecule has 2 atom stereocenters. The molecule has 0 amide bonds. The van der Waals surface area contributed by atoms with E-state index in [-0.39, 0.29) is 49.1 Å². The van der Waals surface area contributed by atoms with Gasteiger partial charge in [0.2, 0.25) is 0 Å². The number of quaternary nitrogens is 1. The fraction of sp³-hybridized carbons (Fsp3) is 0.575. The average molecular weight is 671 g/mol. The molecule has 8 nitrogen and oxygen atoms in total. The van der Waals surface area contributed by atoms with E-state index in [2.05, 4.69) is 44.2 Å². The number of hydrogen-bond donors (Lipinski definition) is 1. The number of allylic oxidation sites excluding steroid dienone is 14. The molecule has 1 N–H and O–H groups in total. The van der Waals surface area contributed by atoms with E-state index in [1.807, 2.05) is 75.8 Å². The van der Waals surface area contributed by atoms with E-state index in [1.54, 1.807) is 0 Å². The highest BCUT2D eigenvalue weighted by atomic mass is 16.6. The standard InChI is InChI=1S/C40H63NO7/c1-6-8-10-12-14-16-18-19-21-22-24-26-28-30-38(42)47-35-36(34-46-33-32-37(40(44)45)41(3,4)5)48-39(43)31-29-27-25-23-20-17-15-13-11-9-7-2/h8,10,12-22,24,36-37H,6-7,9,11,23,25-35H2,1-5H3/p+1/b10-8+,14-12+,15-13+,18-16+,20-17+,21-19+,24-22+. The molecule has 0 aliphatic carbocycles. The number of ether oxygens (including phenoxy) is 3. The Morgan fingerprint density at radius 2 is 1.19 bits per heavy atom. The van der Waals surface area contributed by atoms with Crippen LogP contribution in [0.25, 0.3) is 0 Å². The number of hydrogen-bond acceptors (Lipinski definition) is 6. The van der Waals surface area contributed by atoms with Gasteiger partial charge in [-0.2, -0.15) is 0 Å². The Morgan fingerprint density at radius 1 is 0.646 bits per heavy atom. The molecule has 0 saturated carbocycles. The number of rotatable bonds is 29. The highest BCUT2D eigenvalue weighted by Gasteiger charge is 2.31. The minimum atomic E-state index is -0.895. The molecule has 0 aliphatic rings. The first-order chi connectivity index (χ1) is 23.1. The SMILES string of the molecule is CC/C=C/C=C/C=C/C=C/C=C/CCCC(=O)OCC(COCCC(C(=O)O)[N+](C)(C)C)OC(=O)CCCCC/C=C/C=C/CCCC. The highest BCUT2D eigenvalue weighted by Crippen LogP contribution is 2.11. The summed E-state index contributed by atoms with van der Waals surface area (Å²) in [5.41, 5.74) is 0. The summed E-state index contributed by atoms with van der Waals surface area (Å²) in [6.45, 7) is 4.38. The second-order valence-corrected chi connectivity index (χ2v) is 12.5. The van der Waals surface area contributed by atoms with Gasteiger partial charge in [-0.3, -0.25) is 9.59 Å². The zero-order chi connectivity index (χ0) is 35.7. The first kappa shape index (κ1) is 44.5. The first-order valence-electron chi connectivity index (χ1n) is 17.7. The van der Waals surface area contributed by atoms with Crippen molar-refractivity contribution in [2.45, 2.75) is 109 Å². The Balaban J connectivity index is 4.66. The van der Waals surface area contributed by atoms with Gasteiger partial charge in [0.05, 0.1) is 34.4 Å². The number of unbranched alkanes of at least 4 members (excludes halogenated alkanes) is 6. The van der Waals surface area contributed by atoms with Crippen LogP contribution in [0.4, 0.5) is 0 Å². The van der Waals surface area contributed by atoms with Crippen molar-refractivity contribution in [3.8, 4) is 0 Å². The summed E-state index contributed by atoms with van der Waals surface area (Å²) in [6, 6.07) is -0.633. The minimum Gasteiger partial charge on any atom is -0.477 e. The predicted molar refractivity (Wildman–Crippen MR) is 196 cm³/mol. The Labute approximate surface area is 291 Å². The van der Waals surface area contributed by atoms with Crippen LogP contribution in [0.1, 0.15) is 97.3 Å². The zero-order valence-electron chi connectivity index (χ0n) is 30.4. The van der Waals surface area contributed by atoms with E-state index >= 15 is 0 Å². The number of carboxylic acid groups (broad SMARTS) is 1. The molecule has 0 fully saturated rings. The van der Waals surface area contributed by atoms with E-state index in [1.165, 1.54) is 12.8 Å². The maximum Gasteiger partial charge on any atom is 0.362 e. The van der Waals surface area contributed by atoms with Crippen LogP contribution in [0, 0.1) is 0 Å². The van der Waals surface area contributed by atoms with Gasteiger partial charge in [-0.15, -0.1) is 0 Å². The summed E-state index contributed by atoms with van der Waals surface area (Å²) in [7, 11) is 5.46. The van der Waals surface area contributed by atoms with E-state index in [4.69, 9.17) is 14.2 Å². The van der Waals surface area contributed by atoms with Crippen LogP contribution in [0.15, 0.2) is 85.1 Å². The molecule has 2 unspecified atom stereocenters. The van der Waals surface area contributed by atoms with Gasteiger partial charge in [-0.25, -0.2) is 4.79 Å². The average Bonchev–Trinajstić information content (AvgIpc) is 3.03. The number of esters is 2. The maximum atomic E-state index is 12.6. The smallest absolute Gasteiger partial charge is 0.362 e. The summed E-state index contributed by atoms with van der Waals surface area (Å²) in [6.07, 6.45) is 37.9. The second kappa shape index (κ2) is 30.8. The van der Waals surface area contributed by atoms with Crippen molar-refractivity contribution in [2.75, 3.05) is 41.0 Å². The number of carboxylic acids is 1. The number of aliphatic carboxylic acids is 1. The molecule has 270 valence electrons.